The van der Waals surface area contributed by atoms with Crippen molar-refractivity contribution in [1.29, 1.82) is 5.26 Å². The van der Waals surface area contributed by atoms with Crippen molar-refractivity contribution in [2.45, 2.75) is 0 Å². The standard InChI is InChI=1S/C14H9ClF2N2O2/c1-21-6-11(20)14-8(4-18)9(5-19-14)7-2-3-10(16)12(15)13(7)17/h2-3,5,19H,6H2,1H3. The fourth-order valence-electron chi connectivity index (χ4n) is 1.91. The molecule has 7 heteroatoms. The number of ketones is 1. The molecule has 0 aliphatic rings. The highest BCUT2D eigenvalue weighted by molar-refractivity contribution is 6.31. The molecule has 1 heterocycles. The summed E-state index contributed by atoms with van der Waals surface area (Å²) in [4.78, 5) is 14.4. The molecule has 1 N–H and O–H groups in total. The second-order valence-corrected chi connectivity index (χ2v) is 4.52. The van der Waals surface area contributed by atoms with Crippen LogP contribution in [0.5, 0.6) is 0 Å². The van der Waals surface area contributed by atoms with E-state index in [-0.39, 0.29) is 29.0 Å². The lowest BCUT2D eigenvalue weighted by Crippen LogP contribution is -2.09. The van der Waals surface area contributed by atoms with E-state index in [1.54, 1.807) is 0 Å². The number of nitrogens with one attached hydrogen (secondary N) is 1. The van der Waals surface area contributed by atoms with Crippen LogP contribution in [-0.4, -0.2) is 24.5 Å². The van der Waals surface area contributed by atoms with Gasteiger partial charge in [0, 0.05) is 24.4 Å². The van der Waals surface area contributed by atoms with Gasteiger partial charge in [-0.2, -0.15) is 5.26 Å². The van der Waals surface area contributed by atoms with Gasteiger partial charge in [0.05, 0.1) is 5.56 Å². The molecule has 0 bridgehead atoms. The zero-order chi connectivity index (χ0) is 15.6. The summed E-state index contributed by atoms with van der Waals surface area (Å²) in [5, 5.41) is 8.52. The molecule has 0 aliphatic heterocycles. The lowest BCUT2D eigenvalue weighted by molar-refractivity contribution is 0.0843. The average Bonchev–Trinajstić information content (AvgIpc) is 2.89. The highest BCUT2D eigenvalue weighted by atomic mass is 35.5. The predicted molar refractivity (Wildman–Crippen MR) is 72.1 cm³/mol. The first-order valence-electron chi connectivity index (χ1n) is 5.78. The number of hydrogen-bond donors (Lipinski definition) is 1. The molecule has 108 valence electrons. The maximum Gasteiger partial charge on any atom is 0.205 e. The van der Waals surface area contributed by atoms with Gasteiger partial charge in [-0.25, -0.2) is 8.78 Å². The van der Waals surface area contributed by atoms with Gasteiger partial charge < -0.3 is 9.72 Å². The Labute approximate surface area is 123 Å². The molecule has 0 radical (unpaired) electrons. The predicted octanol–water partition coefficient (Wildman–Crippen LogP) is 3.31. The van der Waals surface area contributed by atoms with Crippen molar-refractivity contribution in [2.75, 3.05) is 13.7 Å². The average molecular weight is 311 g/mol. The molecule has 0 spiro atoms. The number of nitrogens with zero attached hydrogens (tertiary/aromatic N) is 1. The van der Waals surface area contributed by atoms with Crippen LogP contribution in [0.2, 0.25) is 5.02 Å². The van der Waals surface area contributed by atoms with E-state index in [1.165, 1.54) is 13.3 Å². The molecule has 0 fully saturated rings. The molecule has 0 saturated heterocycles. The number of H-pyrrole nitrogens is 1. The van der Waals surface area contributed by atoms with Gasteiger partial charge in [-0.1, -0.05) is 11.6 Å². The summed E-state index contributed by atoms with van der Waals surface area (Å²) in [6.45, 7) is -0.221. The van der Waals surface area contributed by atoms with Gasteiger partial charge in [-0.05, 0) is 12.1 Å². The van der Waals surface area contributed by atoms with E-state index in [0.29, 0.717) is 0 Å². The normalized spacial score (nSPS) is 10.4. The van der Waals surface area contributed by atoms with Gasteiger partial charge in [0.25, 0.3) is 0 Å². The van der Waals surface area contributed by atoms with Gasteiger partial charge in [-0.15, -0.1) is 0 Å². The zero-order valence-corrected chi connectivity index (χ0v) is 11.6. The van der Waals surface area contributed by atoms with Gasteiger partial charge in [-0.3, -0.25) is 4.79 Å². The molecular weight excluding hydrogens is 302 g/mol. The van der Waals surface area contributed by atoms with Crippen LogP contribution in [0.4, 0.5) is 8.78 Å². The van der Waals surface area contributed by atoms with Crippen molar-refractivity contribution in [3.05, 3.63) is 46.2 Å². The van der Waals surface area contributed by atoms with Crippen LogP contribution in [-0.2, 0) is 4.74 Å². The molecule has 4 nitrogen and oxygen atoms in total. The van der Waals surface area contributed by atoms with Crippen LogP contribution in [0.3, 0.4) is 0 Å². The van der Waals surface area contributed by atoms with Crippen molar-refractivity contribution >= 4 is 17.4 Å². The Morgan fingerprint density at radius 3 is 2.76 bits per heavy atom. The summed E-state index contributed by atoms with van der Waals surface area (Å²) < 4.78 is 31.9. The molecule has 1 aromatic heterocycles. The molecule has 0 unspecified atom stereocenters. The summed E-state index contributed by atoms with van der Waals surface area (Å²) in [6, 6.07) is 3.98. The molecule has 0 atom stereocenters. The van der Waals surface area contributed by atoms with Crippen LogP contribution in [0.1, 0.15) is 16.1 Å². The molecule has 1 aromatic carbocycles. The molecule has 21 heavy (non-hydrogen) atoms. The van der Waals surface area contributed by atoms with E-state index < -0.39 is 22.4 Å². The lowest BCUT2D eigenvalue weighted by Gasteiger charge is -2.04. The van der Waals surface area contributed by atoms with Crippen LogP contribution in [0.15, 0.2) is 18.3 Å². The van der Waals surface area contributed by atoms with Crippen LogP contribution < -0.4 is 0 Å². The Hall–Kier alpha value is -2.23. The monoisotopic (exact) mass is 310 g/mol. The second-order valence-electron chi connectivity index (χ2n) is 4.14. The Kier molecular flexibility index (Phi) is 4.36. The maximum atomic E-state index is 14.0. The lowest BCUT2D eigenvalue weighted by atomic mass is 10.0. The van der Waals surface area contributed by atoms with Crippen molar-refractivity contribution in [2.24, 2.45) is 0 Å². The Morgan fingerprint density at radius 1 is 1.43 bits per heavy atom. The van der Waals surface area contributed by atoms with Gasteiger partial charge >= 0.3 is 0 Å². The topological polar surface area (TPSA) is 65.9 Å². The third kappa shape index (κ3) is 2.66. The number of carbonyl (C=O) groups is 1. The minimum absolute atomic E-state index is 0.00852. The SMILES string of the molecule is COCC(=O)c1[nH]cc(-c2ccc(F)c(Cl)c2F)c1C#N. The number of benzene rings is 1. The van der Waals surface area contributed by atoms with Gasteiger partial charge in [0.1, 0.15) is 29.2 Å². The van der Waals surface area contributed by atoms with Crippen LogP contribution in [0.25, 0.3) is 11.1 Å². The largest absolute Gasteiger partial charge is 0.376 e. The third-order valence-corrected chi connectivity index (χ3v) is 3.22. The number of halogens is 3. The van der Waals surface area contributed by atoms with E-state index in [2.05, 4.69) is 4.98 Å². The molecule has 0 aliphatic carbocycles. The minimum Gasteiger partial charge on any atom is -0.376 e. The summed E-state index contributed by atoms with van der Waals surface area (Å²) in [7, 11) is 1.34. The number of methoxy groups -OCH3 is 1. The number of carbonyl (C=O) groups excluding carboxylic acids is 1. The number of nitriles is 1. The van der Waals surface area contributed by atoms with Gasteiger partial charge in [0.2, 0.25) is 5.78 Å². The fourth-order valence-corrected chi connectivity index (χ4v) is 2.07. The third-order valence-electron chi connectivity index (χ3n) is 2.87. The maximum absolute atomic E-state index is 14.0. The summed E-state index contributed by atoms with van der Waals surface area (Å²) in [6.07, 6.45) is 1.30. The Morgan fingerprint density at radius 2 is 2.14 bits per heavy atom. The van der Waals surface area contributed by atoms with E-state index in [9.17, 15) is 18.8 Å². The quantitative estimate of drug-likeness (QED) is 0.696. The van der Waals surface area contributed by atoms with Crippen LogP contribution in [0, 0.1) is 23.0 Å². The molecule has 0 amide bonds. The van der Waals surface area contributed by atoms with E-state index >= 15 is 0 Å². The highest BCUT2D eigenvalue weighted by Crippen LogP contribution is 2.32. The minimum atomic E-state index is -0.988. The number of ether oxygens (including phenoxy) is 1. The molecular formula is C14H9ClF2N2O2. The number of hydrogen-bond acceptors (Lipinski definition) is 3. The smallest absolute Gasteiger partial charge is 0.205 e. The number of Topliss-reactive ketones (excluding diaryl/α,β-unsaturated/α-hetero) is 1. The van der Waals surface area contributed by atoms with Gasteiger partial charge in [0.15, 0.2) is 5.82 Å². The first-order valence-corrected chi connectivity index (χ1v) is 6.16. The fraction of sp³-hybridized carbons (Fsp3) is 0.143. The van der Waals surface area contributed by atoms with Crippen molar-refractivity contribution in [3.63, 3.8) is 0 Å². The zero-order valence-electron chi connectivity index (χ0n) is 10.8. The van der Waals surface area contributed by atoms with E-state index in [4.69, 9.17) is 16.3 Å². The van der Waals surface area contributed by atoms with Crippen LogP contribution >= 0.6 is 11.6 Å². The highest BCUT2D eigenvalue weighted by Gasteiger charge is 2.22. The van der Waals surface area contributed by atoms with Crippen molar-refractivity contribution < 1.29 is 18.3 Å². The molecule has 0 saturated carbocycles. The molecule has 2 aromatic rings. The van der Waals surface area contributed by atoms with Crippen molar-refractivity contribution in [1.82, 2.24) is 4.98 Å². The Balaban J connectivity index is 2.59. The first-order chi connectivity index (χ1) is 10.0. The first kappa shape index (κ1) is 15.2. The number of aromatic nitrogens is 1. The Bertz CT molecular complexity index is 750. The summed E-state index contributed by atoms with van der Waals surface area (Å²) in [5.74, 6) is -2.34. The van der Waals surface area contributed by atoms with Crippen molar-refractivity contribution in [3.8, 4) is 17.2 Å². The van der Waals surface area contributed by atoms with E-state index in [1.807, 2.05) is 6.07 Å². The summed E-state index contributed by atoms with van der Waals surface area (Å²) >= 11 is 5.52. The summed E-state index contributed by atoms with van der Waals surface area (Å²) in [5.41, 5.74) is 0.0369. The second kappa shape index (κ2) is 6.04. The number of rotatable bonds is 4. The van der Waals surface area contributed by atoms with E-state index in [0.717, 1.165) is 12.1 Å². The number of aromatic amines is 1. The molecule has 2 rings (SSSR count).